The van der Waals surface area contributed by atoms with E-state index in [1.165, 1.54) is 12.1 Å². The fourth-order valence-electron chi connectivity index (χ4n) is 7.01. The number of aromatic nitrogens is 4. The van der Waals surface area contributed by atoms with E-state index in [1.807, 2.05) is 64.1 Å². The molecule has 332 valence electrons. The van der Waals surface area contributed by atoms with E-state index in [9.17, 15) is 14.0 Å². The molecule has 0 spiro atoms. The number of hydrogen-bond acceptors (Lipinski definition) is 12. The van der Waals surface area contributed by atoms with E-state index in [-0.39, 0.29) is 41.9 Å². The number of carboxylic acids is 2. The predicted molar refractivity (Wildman–Crippen MR) is 237 cm³/mol. The quantitative estimate of drug-likeness (QED) is 0.0901. The molecule has 0 amide bonds. The Balaban J connectivity index is 0.000000180. The van der Waals surface area contributed by atoms with Gasteiger partial charge in [0, 0.05) is 40.0 Å². The van der Waals surface area contributed by atoms with E-state index in [2.05, 4.69) is 25.6 Å². The first-order valence-electron chi connectivity index (χ1n) is 20.6. The maximum Gasteiger partial charge on any atom is 0.306 e. The molecule has 2 saturated carbocycles. The number of halogens is 3. The minimum absolute atomic E-state index is 0.0323. The lowest BCUT2D eigenvalue weighted by molar-refractivity contribution is -0.142. The van der Waals surface area contributed by atoms with Gasteiger partial charge in [0.15, 0.2) is 0 Å². The first-order chi connectivity index (χ1) is 30.1. The Morgan fingerprint density at radius 2 is 1.13 bits per heavy atom. The van der Waals surface area contributed by atoms with Crippen LogP contribution in [-0.4, -0.2) is 66.7 Å². The summed E-state index contributed by atoms with van der Waals surface area (Å²) in [6, 6.07) is 24.5. The predicted octanol–water partition coefficient (Wildman–Crippen LogP) is 10.7. The molecule has 2 aliphatic rings. The molecule has 1 unspecified atom stereocenters. The Morgan fingerprint density at radius 3 is 1.52 bits per heavy atom. The van der Waals surface area contributed by atoms with E-state index in [4.69, 9.17) is 57.7 Å². The van der Waals surface area contributed by atoms with Crippen LogP contribution < -0.4 is 20.5 Å². The minimum Gasteiger partial charge on any atom is -0.489 e. The van der Waals surface area contributed by atoms with Gasteiger partial charge < -0.3 is 39.8 Å². The highest BCUT2D eigenvalue weighted by Crippen LogP contribution is 2.34. The number of rotatable bonds is 12. The van der Waals surface area contributed by atoms with E-state index < -0.39 is 11.9 Å². The Hall–Kier alpha value is -6.03. The van der Waals surface area contributed by atoms with Crippen LogP contribution in [0.15, 0.2) is 94.0 Å². The summed E-state index contributed by atoms with van der Waals surface area (Å²) < 4.78 is 34.9. The van der Waals surface area contributed by atoms with E-state index >= 15 is 0 Å². The SMILES string of the molecule is CC(C)Oc1ccc(-c2noc(-c3ccc(F)cc3)n2)cc1Cl.CC(C)Oc1ccc(-c2noc(-c3ccc(NC4CC[C@@H](C(=O)O)C4)cc3)n2)cc1Cl.N[C@H]1CC[C@@H](C(=O)O)C1. The van der Waals surface area contributed by atoms with Crippen LogP contribution in [-0.2, 0) is 9.59 Å². The summed E-state index contributed by atoms with van der Waals surface area (Å²) in [5.74, 6) is 0.651. The molecule has 4 atom stereocenters. The Kier molecular flexibility index (Phi) is 15.8. The van der Waals surface area contributed by atoms with Crippen LogP contribution in [0, 0.1) is 17.7 Å². The van der Waals surface area contributed by atoms with Gasteiger partial charge in [-0.2, -0.15) is 9.97 Å². The smallest absolute Gasteiger partial charge is 0.306 e. The van der Waals surface area contributed by atoms with E-state index in [1.54, 1.807) is 36.4 Å². The molecule has 6 aromatic rings. The molecule has 2 heterocycles. The summed E-state index contributed by atoms with van der Waals surface area (Å²) in [7, 11) is 0. The lowest BCUT2D eigenvalue weighted by Crippen LogP contribution is -2.17. The van der Waals surface area contributed by atoms with Gasteiger partial charge in [0.1, 0.15) is 17.3 Å². The molecule has 2 fully saturated rings. The van der Waals surface area contributed by atoms with Crippen molar-refractivity contribution in [2.75, 3.05) is 5.32 Å². The highest BCUT2D eigenvalue weighted by Gasteiger charge is 2.30. The lowest BCUT2D eigenvalue weighted by Gasteiger charge is -2.14. The fraction of sp³-hybridized carbons (Fsp3) is 0.348. The van der Waals surface area contributed by atoms with Gasteiger partial charge in [0.25, 0.3) is 11.8 Å². The molecular weight excluding hydrogens is 854 g/mol. The number of ether oxygens (including phenoxy) is 2. The van der Waals surface area contributed by atoms with Gasteiger partial charge >= 0.3 is 11.9 Å². The van der Waals surface area contributed by atoms with Crippen LogP contribution >= 0.6 is 23.2 Å². The van der Waals surface area contributed by atoms with Crippen molar-refractivity contribution >= 4 is 40.8 Å². The van der Waals surface area contributed by atoms with Crippen LogP contribution in [0.5, 0.6) is 11.5 Å². The number of hydrogen-bond donors (Lipinski definition) is 4. The molecule has 8 rings (SSSR count). The number of anilines is 1. The first-order valence-corrected chi connectivity index (χ1v) is 21.3. The second-order valence-corrected chi connectivity index (χ2v) is 16.7. The monoisotopic (exact) mass is 902 g/mol. The average molecular weight is 904 g/mol. The Bertz CT molecular complexity index is 2460. The van der Waals surface area contributed by atoms with Crippen molar-refractivity contribution in [1.82, 2.24) is 20.3 Å². The fourth-order valence-corrected chi connectivity index (χ4v) is 7.46. The maximum absolute atomic E-state index is 13.0. The van der Waals surface area contributed by atoms with Gasteiger partial charge in [0.05, 0.1) is 34.1 Å². The van der Waals surface area contributed by atoms with Gasteiger partial charge in [-0.15, -0.1) is 0 Å². The second-order valence-electron chi connectivity index (χ2n) is 15.9. The molecule has 17 heteroatoms. The summed E-state index contributed by atoms with van der Waals surface area (Å²) >= 11 is 12.5. The second kappa shape index (κ2) is 21.4. The van der Waals surface area contributed by atoms with Crippen molar-refractivity contribution in [3.63, 3.8) is 0 Å². The summed E-state index contributed by atoms with van der Waals surface area (Å²) in [6.07, 6.45) is 4.58. The number of aliphatic carboxylic acids is 2. The highest BCUT2D eigenvalue weighted by molar-refractivity contribution is 6.32. The number of carboxylic acid groups (broad SMARTS) is 2. The highest BCUT2D eigenvalue weighted by atomic mass is 35.5. The number of benzene rings is 4. The number of carbonyl (C=O) groups is 2. The van der Waals surface area contributed by atoms with Crippen LogP contribution in [0.2, 0.25) is 10.0 Å². The normalized spacial score (nSPS) is 18.0. The Labute approximate surface area is 373 Å². The van der Waals surface area contributed by atoms with E-state index in [0.29, 0.717) is 75.4 Å². The zero-order chi connectivity index (χ0) is 45.2. The van der Waals surface area contributed by atoms with Gasteiger partial charge in [-0.25, -0.2) is 4.39 Å². The van der Waals surface area contributed by atoms with Crippen molar-refractivity contribution in [3.8, 4) is 57.2 Å². The van der Waals surface area contributed by atoms with Crippen molar-refractivity contribution in [2.24, 2.45) is 17.6 Å². The van der Waals surface area contributed by atoms with Crippen molar-refractivity contribution in [2.45, 2.75) is 90.5 Å². The van der Waals surface area contributed by atoms with Crippen molar-refractivity contribution < 1.29 is 42.7 Å². The third kappa shape index (κ3) is 13.0. The maximum atomic E-state index is 13.0. The van der Waals surface area contributed by atoms with E-state index in [0.717, 1.165) is 36.1 Å². The molecule has 0 radical (unpaired) electrons. The van der Waals surface area contributed by atoms with Crippen LogP contribution in [0.4, 0.5) is 10.1 Å². The van der Waals surface area contributed by atoms with Crippen molar-refractivity contribution in [1.29, 1.82) is 0 Å². The minimum atomic E-state index is -0.713. The van der Waals surface area contributed by atoms with Crippen molar-refractivity contribution in [3.05, 3.63) is 101 Å². The van der Waals surface area contributed by atoms with Crippen LogP contribution in [0.1, 0.15) is 66.2 Å². The third-order valence-corrected chi connectivity index (χ3v) is 10.7. The topological polar surface area (TPSA) is 209 Å². The zero-order valence-electron chi connectivity index (χ0n) is 35.1. The lowest BCUT2D eigenvalue weighted by atomic mass is 10.1. The van der Waals surface area contributed by atoms with Gasteiger partial charge in [0.2, 0.25) is 11.6 Å². The average Bonchev–Trinajstić information content (AvgIpc) is 4.09. The number of nitrogens with zero attached hydrogens (tertiary/aromatic N) is 4. The largest absolute Gasteiger partial charge is 0.489 e. The molecular formula is C46H49Cl2FN6O8. The molecule has 0 saturated heterocycles. The Morgan fingerprint density at radius 1 is 0.683 bits per heavy atom. The molecule has 14 nitrogen and oxygen atoms in total. The summed E-state index contributed by atoms with van der Waals surface area (Å²) in [5, 5.41) is 30.0. The van der Waals surface area contributed by atoms with Crippen LogP contribution in [0.25, 0.3) is 45.7 Å². The molecule has 5 N–H and O–H groups in total. The van der Waals surface area contributed by atoms with Gasteiger partial charge in [-0.1, -0.05) is 33.5 Å². The summed E-state index contributed by atoms with van der Waals surface area (Å²) in [5.41, 5.74) is 9.33. The standard InChI is InChI=1S/C23H24ClN3O4.C17H14ClFN2O2.C6H11NO2/c1-13(2)30-20-10-6-15(12-19(20)24)21-26-22(31-27-21)14-3-7-17(8-4-14)25-18-9-5-16(11-18)23(28)29;1-10(2)22-15-8-5-12(9-14(15)18)16-20-17(23-21-16)11-3-6-13(19)7-4-11;7-5-2-1-4(3-5)6(8)9/h3-4,6-8,10,12-13,16,18,25H,5,9,11H2,1-2H3,(H,28,29);3-10H,1-2H3;4-5H,1-3,7H2,(H,8,9)/t16-,18?;;4-,5+/m1.1/s1. The molecule has 0 bridgehead atoms. The first kappa shape index (κ1) is 46.5. The van der Waals surface area contributed by atoms with Gasteiger partial charge in [-0.05, 0) is 151 Å². The van der Waals surface area contributed by atoms with Gasteiger partial charge in [-0.3, -0.25) is 9.59 Å². The molecule has 2 aromatic heterocycles. The summed E-state index contributed by atoms with van der Waals surface area (Å²) in [6.45, 7) is 7.74. The molecule has 0 aliphatic heterocycles. The zero-order valence-corrected chi connectivity index (χ0v) is 36.6. The summed E-state index contributed by atoms with van der Waals surface area (Å²) in [4.78, 5) is 30.2. The van der Waals surface area contributed by atoms with Crippen LogP contribution in [0.3, 0.4) is 0 Å². The molecule has 4 aromatic carbocycles. The third-order valence-electron chi connectivity index (χ3n) is 10.2. The number of nitrogens with two attached hydrogens (primary N) is 1. The molecule has 2 aliphatic carbocycles. The molecule has 63 heavy (non-hydrogen) atoms. The number of nitrogens with one attached hydrogen (secondary N) is 1.